The van der Waals surface area contributed by atoms with Gasteiger partial charge in [-0.2, -0.15) is 0 Å². The minimum Gasteiger partial charge on any atom is -0.480 e. The number of aryl methyl sites for hydroxylation is 1. The summed E-state index contributed by atoms with van der Waals surface area (Å²) >= 11 is 0. The highest BCUT2D eigenvalue weighted by molar-refractivity contribution is 5.80. The fourth-order valence-electron chi connectivity index (χ4n) is 1.38. The zero-order valence-corrected chi connectivity index (χ0v) is 9.84. The number of methoxy groups -OCH3 is 1. The Morgan fingerprint density at radius 3 is 2.29 bits per heavy atom. The maximum absolute atomic E-state index is 11.2. The molecule has 0 spiro atoms. The second-order valence-corrected chi connectivity index (χ2v) is 3.66. The molecule has 0 radical (unpaired) electrons. The lowest BCUT2D eigenvalue weighted by atomic mass is 10.2. The van der Waals surface area contributed by atoms with Crippen molar-refractivity contribution in [2.75, 3.05) is 25.1 Å². The number of carbonyl (C=O) groups excluding carboxylic acids is 1. The molecule has 0 fully saturated rings. The fraction of sp³-hybridized carbons (Fsp3) is 0.333. The molecule has 5 nitrogen and oxygen atoms in total. The number of rotatable bonds is 5. The number of carboxylic acid groups (broad SMARTS) is 1. The third-order valence-corrected chi connectivity index (χ3v) is 2.27. The number of hydrogen-bond acceptors (Lipinski definition) is 4. The number of aliphatic carboxylic acids is 1. The van der Waals surface area contributed by atoms with E-state index in [1.807, 2.05) is 19.1 Å². The van der Waals surface area contributed by atoms with Crippen molar-refractivity contribution in [1.29, 1.82) is 0 Å². The number of nitrogens with zero attached hydrogens (tertiary/aromatic N) is 1. The molecule has 1 aromatic rings. The second kappa shape index (κ2) is 5.89. The van der Waals surface area contributed by atoms with Gasteiger partial charge < -0.3 is 14.7 Å². The predicted octanol–water partition coefficient (Wildman–Crippen LogP) is 1.06. The molecule has 0 atom stereocenters. The molecule has 0 amide bonds. The number of benzene rings is 1. The minimum absolute atomic E-state index is 0.0775. The normalized spacial score (nSPS) is 9.76. The van der Waals surface area contributed by atoms with Crippen LogP contribution >= 0.6 is 0 Å². The van der Waals surface area contributed by atoms with Crippen LogP contribution in [-0.4, -0.2) is 37.2 Å². The molecule has 0 aliphatic rings. The van der Waals surface area contributed by atoms with Gasteiger partial charge in [-0.1, -0.05) is 17.7 Å². The summed E-state index contributed by atoms with van der Waals surface area (Å²) in [7, 11) is 1.27. The van der Waals surface area contributed by atoms with Crippen molar-refractivity contribution in [2.24, 2.45) is 0 Å². The zero-order valence-electron chi connectivity index (χ0n) is 9.84. The Kier molecular flexibility index (Phi) is 4.51. The van der Waals surface area contributed by atoms with Crippen LogP contribution in [0.25, 0.3) is 0 Å². The molecule has 1 aromatic carbocycles. The molecule has 1 N–H and O–H groups in total. The van der Waals surface area contributed by atoms with E-state index in [1.54, 1.807) is 12.1 Å². The van der Waals surface area contributed by atoms with E-state index in [0.717, 1.165) is 5.56 Å². The van der Waals surface area contributed by atoms with Crippen LogP contribution in [0.5, 0.6) is 0 Å². The molecule has 17 heavy (non-hydrogen) atoms. The van der Waals surface area contributed by atoms with Gasteiger partial charge in [-0.3, -0.25) is 9.59 Å². The predicted molar refractivity (Wildman–Crippen MR) is 63.0 cm³/mol. The summed E-state index contributed by atoms with van der Waals surface area (Å²) in [5.74, 6) is -1.46. The highest BCUT2D eigenvalue weighted by Crippen LogP contribution is 2.14. The molecule has 0 unspecified atom stereocenters. The highest BCUT2D eigenvalue weighted by Gasteiger charge is 2.14. The molecule has 0 aromatic heterocycles. The monoisotopic (exact) mass is 237 g/mol. The smallest absolute Gasteiger partial charge is 0.325 e. The van der Waals surface area contributed by atoms with E-state index >= 15 is 0 Å². The molecule has 1 rings (SSSR count). The first-order chi connectivity index (χ1) is 8.02. The van der Waals surface area contributed by atoms with E-state index in [4.69, 9.17) is 5.11 Å². The summed E-state index contributed by atoms with van der Waals surface area (Å²) < 4.78 is 4.53. The van der Waals surface area contributed by atoms with Crippen molar-refractivity contribution in [1.82, 2.24) is 0 Å². The van der Waals surface area contributed by atoms with Gasteiger partial charge in [-0.05, 0) is 19.1 Å². The fourth-order valence-corrected chi connectivity index (χ4v) is 1.38. The molecule has 0 saturated heterocycles. The number of hydrogen-bond donors (Lipinski definition) is 1. The Morgan fingerprint density at radius 2 is 1.82 bits per heavy atom. The van der Waals surface area contributed by atoms with E-state index in [2.05, 4.69) is 4.74 Å². The first kappa shape index (κ1) is 13.0. The van der Waals surface area contributed by atoms with E-state index in [1.165, 1.54) is 12.0 Å². The SMILES string of the molecule is COC(=O)CN(CC(=O)O)c1ccc(C)cc1. The standard InChI is InChI=1S/C12H15NO4/c1-9-3-5-10(6-4-9)13(7-11(14)15)8-12(16)17-2/h3-6H,7-8H2,1-2H3,(H,14,15). The number of esters is 1. The van der Waals surface area contributed by atoms with E-state index in [9.17, 15) is 9.59 Å². The van der Waals surface area contributed by atoms with Gasteiger partial charge in [-0.15, -0.1) is 0 Å². The third kappa shape index (κ3) is 4.14. The summed E-state index contributed by atoms with van der Waals surface area (Å²) in [6, 6.07) is 7.28. The Morgan fingerprint density at radius 1 is 1.24 bits per heavy atom. The van der Waals surface area contributed by atoms with Gasteiger partial charge in [0, 0.05) is 5.69 Å². The molecule has 0 aliphatic carbocycles. The lowest BCUT2D eigenvalue weighted by Crippen LogP contribution is -2.35. The van der Waals surface area contributed by atoms with Crippen LogP contribution in [0.1, 0.15) is 5.56 Å². The molecular weight excluding hydrogens is 222 g/mol. The van der Waals surface area contributed by atoms with Crippen LogP contribution in [0.2, 0.25) is 0 Å². The summed E-state index contributed by atoms with van der Waals surface area (Å²) in [6.45, 7) is 1.62. The van der Waals surface area contributed by atoms with Gasteiger partial charge in [0.15, 0.2) is 0 Å². The summed E-state index contributed by atoms with van der Waals surface area (Å²) in [6.07, 6.45) is 0. The Hall–Kier alpha value is -2.04. The second-order valence-electron chi connectivity index (χ2n) is 3.66. The minimum atomic E-state index is -0.991. The van der Waals surface area contributed by atoms with Crippen LogP contribution in [0.15, 0.2) is 24.3 Å². The zero-order chi connectivity index (χ0) is 12.8. The van der Waals surface area contributed by atoms with Crippen molar-refractivity contribution in [3.63, 3.8) is 0 Å². The largest absolute Gasteiger partial charge is 0.480 e. The average molecular weight is 237 g/mol. The first-order valence-electron chi connectivity index (χ1n) is 5.13. The number of ether oxygens (including phenoxy) is 1. The van der Waals surface area contributed by atoms with Gasteiger partial charge in [0.05, 0.1) is 7.11 Å². The van der Waals surface area contributed by atoms with Crippen LogP contribution in [-0.2, 0) is 14.3 Å². The van der Waals surface area contributed by atoms with Gasteiger partial charge in [0.2, 0.25) is 0 Å². The van der Waals surface area contributed by atoms with Gasteiger partial charge in [0.25, 0.3) is 0 Å². The van der Waals surface area contributed by atoms with Gasteiger partial charge >= 0.3 is 11.9 Å². The van der Waals surface area contributed by atoms with Crippen molar-refractivity contribution >= 4 is 17.6 Å². The third-order valence-electron chi connectivity index (χ3n) is 2.27. The van der Waals surface area contributed by atoms with E-state index in [0.29, 0.717) is 5.69 Å². The van der Waals surface area contributed by atoms with E-state index in [-0.39, 0.29) is 13.1 Å². The molecule has 5 heteroatoms. The van der Waals surface area contributed by atoms with Crippen LogP contribution in [0.3, 0.4) is 0 Å². The molecule has 92 valence electrons. The van der Waals surface area contributed by atoms with Crippen LogP contribution < -0.4 is 4.90 Å². The summed E-state index contributed by atoms with van der Waals surface area (Å²) in [4.78, 5) is 23.4. The topological polar surface area (TPSA) is 66.8 Å². The molecule has 0 saturated carbocycles. The average Bonchev–Trinajstić information content (AvgIpc) is 2.28. The Balaban J connectivity index is 2.85. The quantitative estimate of drug-likeness (QED) is 0.775. The first-order valence-corrected chi connectivity index (χ1v) is 5.13. The highest BCUT2D eigenvalue weighted by atomic mass is 16.5. The maximum Gasteiger partial charge on any atom is 0.325 e. The van der Waals surface area contributed by atoms with Crippen molar-refractivity contribution in [3.05, 3.63) is 29.8 Å². The molecular formula is C12H15NO4. The molecule has 0 heterocycles. The van der Waals surface area contributed by atoms with E-state index < -0.39 is 11.9 Å². The number of anilines is 1. The lowest BCUT2D eigenvalue weighted by molar-refractivity contribution is -0.139. The maximum atomic E-state index is 11.2. The van der Waals surface area contributed by atoms with Crippen LogP contribution in [0.4, 0.5) is 5.69 Å². The van der Waals surface area contributed by atoms with Gasteiger partial charge in [0.1, 0.15) is 13.1 Å². The summed E-state index contributed by atoms with van der Waals surface area (Å²) in [5.41, 5.74) is 1.76. The Bertz CT molecular complexity index is 399. The number of carbonyl (C=O) groups is 2. The number of carboxylic acids is 1. The molecule has 0 aliphatic heterocycles. The lowest BCUT2D eigenvalue weighted by Gasteiger charge is -2.21. The Labute approximate surface area is 99.6 Å². The van der Waals surface area contributed by atoms with Crippen molar-refractivity contribution in [2.45, 2.75) is 6.92 Å². The van der Waals surface area contributed by atoms with Crippen molar-refractivity contribution < 1.29 is 19.4 Å². The van der Waals surface area contributed by atoms with Gasteiger partial charge in [-0.25, -0.2) is 0 Å². The van der Waals surface area contributed by atoms with Crippen LogP contribution in [0, 0.1) is 6.92 Å². The summed E-state index contributed by atoms with van der Waals surface area (Å²) in [5, 5.41) is 8.79. The van der Waals surface area contributed by atoms with Crippen molar-refractivity contribution in [3.8, 4) is 0 Å². The molecule has 0 bridgehead atoms.